The molecule has 2 nitrogen and oxygen atoms in total. The van der Waals surface area contributed by atoms with Gasteiger partial charge in [0.2, 0.25) is 0 Å². The molecular formula is C11H16ClFN2. The van der Waals surface area contributed by atoms with Crippen molar-refractivity contribution in [3.8, 4) is 0 Å². The Morgan fingerprint density at radius 2 is 2.07 bits per heavy atom. The number of piperazine rings is 1. The molecule has 1 aliphatic heterocycles. The Morgan fingerprint density at radius 1 is 1.33 bits per heavy atom. The van der Waals surface area contributed by atoms with Crippen molar-refractivity contribution >= 4 is 12.4 Å². The molecule has 1 fully saturated rings. The maximum absolute atomic E-state index is 13.4. The number of hydrogen-bond donors (Lipinski definition) is 1. The first-order valence-electron chi connectivity index (χ1n) is 4.99. The molecule has 4 heteroatoms. The molecule has 0 bridgehead atoms. The van der Waals surface area contributed by atoms with Gasteiger partial charge in [0.1, 0.15) is 0 Å². The van der Waals surface area contributed by atoms with Crippen LogP contribution in [0.1, 0.15) is 5.56 Å². The molecule has 15 heavy (non-hydrogen) atoms. The first kappa shape index (κ1) is 12.4. The third-order valence-electron chi connectivity index (χ3n) is 2.51. The highest BCUT2D eigenvalue weighted by molar-refractivity contribution is 5.85. The summed E-state index contributed by atoms with van der Waals surface area (Å²) in [6.07, 6.45) is -0.844. The molecule has 1 aromatic carbocycles. The number of halogens is 2. The van der Waals surface area contributed by atoms with Gasteiger partial charge in [0.15, 0.2) is 6.30 Å². The lowest BCUT2D eigenvalue weighted by molar-refractivity contribution is 0.0521. The number of nitrogens with one attached hydrogen (secondary N) is 1. The van der Waals surface area contributed by atoms with Crippen LogP contribution in [0.5, 0.6) is 0 Å². The molecule has 0 aliphatic carbocycles. The van der Waals surface area contributed by atoms with Gasteiger partial charge in [-0.05, 0) is 5.56 Å². The number of rotatable bonds is 2. The van der Waals surface area contributed by atoms with Gasteiger partial charge >= 0.3 is 0 Å². The van der Waals surface area contributed by atoms with Crippen molar-refractivity contribution in [2.75, 3.05) is 19.6 Å². The average molecular weight is 231 g/mol. The van der Waals surface area contributed by atoms with Gasteiger partial charge in [-0.2, -0.15) is 0 Å². The lowest BCUT2D eigenvalue weighted by Crippen LogP contribution is -2.48. The minimum atomic E-state index is -0.844. The Bertz CT molecular complexity index is 281. The number of nitrogens with zero attached hydrogens (tertiary/aromatic N) is 1. The number of alkyl halides is 1. The number of benzene rings is 1. The van der Waals surface area contributed by atoms with Crippen LogP contribution in [0.25, 0.3) is 0 Å². The Labute approximate surface area is 95.9 Å². The summed E-state index contributed by atoms with van der Waals surface area (Å²) >= 11 is 0. The van der Waals surface area contributed by atoms with Gasteiger partial charge in [0, 0.05) is 26.2 Å². The highest BCUT2D eigenvalue weighted by atomic mass is 35.5. The number of hydrogen-bond acceptors (Lipinski definition) is 2. The van der Waals surface area contributed by atoms with Gasteiger partial charge in [-0.1, -0.05) is 30.3 Å². The smallest absolute Gasteiger partial charge is 0.166 e. The van der Waals surface area contributed by atoms with Crippen LogP contribution in [0.15, 0.2) is 30.3 Å². The predicted molar refractivity (Wildman–Crippen MR) is 61.9 cm³/mol. The van der Waals surface area contributed by atoms with Crippen LogP contribution >= 0.6 is 12.4 Å². The highest BCUT2D eigenvalue weighted by Gasteiger charge is 2.20. The van der Waals surface area contributed by atoms with Crippen molar-refractivity contribution in [3.05, 3.63) is 35.9 Å². The van der Waals surface area contributed by atoms with Crippen molar-refractivity contribution in [1.29, 1.82) is 0 Å². The van der Waals surface area contributed by atoms with Gasteiger partial charge in [0.25, 0.3) is 0 Å². The molecule has 1 atom stereocenters. The van der Waals surface area contributed by atoms with Crippen LogP contribution in [0.3, 0.4) is 0 Å². The molecule has 1 aromatic rings. The minimum absolute atomic E-state index is 0. The zero-order valence-electron chi connectivity index (χ0n) is 8.53. The topological polar surface area (TPSA) is 15.3 Å². The molecule has 1 aliphatic rings. The van der Waals surface area contributed by atoms with E-state index in [1.807, 2.05) is 35.2 Å². The Kier molecular flexibility index (Phi) is 5.02. The summed E-state index contributed by atoms with van der Waals surface area (Å²) < 4.78 is 13.4. The zero-order valence-corrected chi connectivity index (χ0v) is 9.34. The van der Waals surface area contributed by atoms with Crippen molar-refractivity contribution in [3.63, 3.8) is 0 Å². The Balaban J connectivity index is 0.00000112. The fraction of sp³-hybridized carbons (Fsp3) is 0.455. The average Bonchev–Trinajstić information content (AvgIpc) is 2.23. The molecular weight excluding hydrogens is 215 g/mol. The monoisotopic (exact) mass is 230 g/mol. The maximum Gasteiger partial charge on any atom is 0.166 e. The van der Waals surface area contributed by atoms with Crippen LogP contribution in [0.2, 0.25) is 0 Å². The lowest BCUT2D eigenvalue weighted by atomic mass is 10.2. The van der Waals surface area contributed by atoms with Crippen LogP contribution < -0.4 is 5.32 Å². The summed E-state index contributed by atoms with van der Waals surface area (Å²) in [5.41, 5.74) is 1.18. The fourth-order valence-corrected chi connectivity index (χ4v) is 1.71. The van der Waals surface area contributed by atoms with E-state index in [1.54, 1.807) is 0 Å². The molecule has 0 amide bonds. The van der Waals surface area contributed by atoms with E-state index >= 15 is 0 Å². The van der Waals surface area contributed by atoms with Gasteiger partial charge in [0.05, 0.1) is 0 Å². The van der Waals surface area contributed by atoms with E-state index in [9.17, 15) is 4.39 Å². The summed E-state index contributed by atoms with van der Waals surface area (Å²) in [6, 6.07) is 10.0. The van der Waals surface area contributed by atoms with Crippen LogP contribution in [0, 0.1) is 0 Å². The van der Waals surface area contributed by atoms with E-state index in [0.717, 1.165) is 13.1 Å². The summed E-state index contributed by atoms with van der Waals surface area (Å²) in [5.74, 6) is 0. The van der Waals surface area contributed by atoms with E-state index in [0.29, 0.717) is 13.1 Å². The third kappa shape index (κ3) is 3.45. The third-order valence-corrected chi connectivity index (χ3v) is 2.51. The molecule has 0 radical (unpaired) electrons. The summed E-state index contributed by atoms with van der Waals surface area (Å²) in [7, 11) is 0. The van der Waals surface area contributed by atoms with Crippen LogP contribution in [-0.2, 0) is 6.54 Å². The fourth-order valence-electron chi connectivity index (χ4n) is 1.71. The first-order chi connectivity index (χ1) is 6.86. The Hall–Kier alpha value is -0.640. The molecule has 1 N–H and O–H groups in total. The minimum Gasteiger partial charge on any atom is -0.311 e. The molecule has 2 rings (SSSR count). The van der Waals surface area contributed by atoms with Crippen molar-refractivity contribution in [2.45, 2.75) is 12.8 Å². The van der Waals surface area contributed by atoms with Crippen molar-refractivity contribution in [2.24, 2.45) is 0 Å². The van der Waals surface area contributed by atoms with Crippen molar-refractivity contribution in [1.82, 2.24) is 10.2 Å². The summed E-state index contributed by atoms with van der Waals surface area (Å²) in [5, 5.41) is 3.03. The quantitative estimate of drug-likeness (QED) is 0.780. The van der Waals surface area contributed by atoms with Crippen LogP contribution in [0.4, 0.5) is 4.39 Å². The van der Waals surface area contributed by atoms with E-state index in [-0.39, 0.29) is 12.4 Å². The normalized spacial score (nSPS) is 22.1. The SMILES string of the molecule is Cl.FC1CNCCN1Cc1ccccc1. The molecule has 1 heterocycles. The van der Waals surface area contributed by atoms with Gasteiger partial charge < -0.3 is 5.32 Å². The molecule has 1 unspecified atom stereocenters. The predicted octanol–water partition coefficient (Wildman–Crippen LogP) is 1.81. The van der Waals surface area contributed by atoms with Gasteiger partial charge in [-0.15, -0.1) is 12.4 Å². The molecule has 84 valence electrons. The standard InChI is InChI=1S/C11H15FN2.ClH/c12-11-8-13-6-7-14(11)9-10-4-2-1-3-5-10;/h1-5,11,13H,6-9H2;1H. The first-order valence-corrected chi connectivity index (χ1v) is 4.99. The zero-order chi connectivity index (χ0) is 9.80. The largest absolute Gasteiger partial charge is 0.311 e. The molecule has 1 saturated heterocycles. The summed E-state index contributed by atoms with van der Waals surface area (Å²) in [6.45, 7) is 2.83. The second kappa shape index (κ2) is 6.05. The van der Waals surface area contributed by atoms with Gasteiger partial charge in [-0.25, -0.2) is 4.39 Å². The van der Waals surface area contributed by atoms with E-state index in [4.69, 9.17) is 0 Å². The molecule has 0 aromatic heterocycles. The second-order valence-corrected chi connectivity index (χ2v) is 3.59. The van der Waals surface area contributed by atoms with E-state index < -0.39 is 6.30 Å². The molecule has 0 saturated carbocycles. The summed E-state index contributed by atoms with van der Waals surface area (Å²) in [4.78, 5) is 1.87. The Morgan fingerprint density at radius 3 is 2.73 bits per heavy atom. The van der Waals surface area contributed by atoms with Gasteiger partial charge in [-0.3, -0.25) is 4.90 Å². The highest BCUT2D eigenvalue weighted by Crippen LogP contribution is 2.10. The lowest BCUT2D eigenvalue weighted by Gasteiger charge is -2.30. The van der Waals surface area contributed by atoms with Crippen LogP contribution in [-0.4, -0.2) is 30.8 Å². The second-order valence-electron chi connectivity index (χ2n) is 3.59. The van der Waals surface area contributed by atoms with E-state index in [1.165, 1.54) is 5.56 Å². The van der Waals surface area contributed by atoms with E-state index in [2.05, 4.69) is 5.32 Å². The maximum atomic E-state index is 13.4. The van der Waals surface area contributed by atoms with Crippen molar-refractivity contribution < 1.29 is 4.39 Å². The molecule has 0 spiro atoms.